The fraction of sp³-hybridized carbons (Fsp3) is 0.250. The second-order valence-electron chi connectivity index (χ2n) is 6.55. The lowest BCUT2D eigenvalue weighted by atomic mass is 10.1. The Balaban J connectivity index is 2.10. The van der Waals surface area contributed by atoms with Gasteiger partial charge in [0.2, 0.25) is 10.0 Å². The van der Waals surface area contributed by atoms with Crippen molar-refractivity contribution in [2.24, 2.45) is 22.2 Å². The molecule has 0 spiro atoms. The van der Waals surface area contributed by atoms with Crippen LogP contribution in [0.4, 0.5) is 5.69 Å². The maximum atomic E-state index is 12.6. The van der Waals surface area contributed by atoms with Crippen molar-refractivity contribution in [3.05, 3.63) is 54.1 Å². The van der Waals surface area contributed by atoms with Crippen LogP contribution in [0.25, 0.3) is 0 Å². The van der Waals surface area contributed by atoms with E-state index in [9.17, 15) is 18.0 Å². The molecule has 0 saturated heterocycles. The van der Waals surface area contributed by atoms with Gasteiger partial charge in [-0.25, -0.2) is 18.2 Å². The van der Waals surface area contributed by atoms with Crippen molar-refractivity contribution in [2.75, 3.05) is 6.61 Å². The van der Waals surface area contributed by atoms with Gasteiger partial charge < -0.3 is 26.7 Å². The molecule has 0 aliphatic rings. The molecular formula is C20H25N5O6S. The zero-order valence-corrected chi connectivity index (χ0v) is 18.2. The quantitative estimate of drug-likeness (QED) is 0.129. The van der Waals surface area contributed by atoms with E-state index in [1.807, 2.05) is 6.92 Å². The Labute approximate surface area is 185 Å². The molecule has 0 amide bonds. The van der Waals surface area contributed by atoms with Crippen LogP contribution in [-0.2, 0) is 19.6 Å². The summed E-state index contributed by atoms with van der Waals surface area (Å²) in [6, 6.07) is 11.9. The fourth-order valence-corrected chi connectivity index (χ4v) is 3.69. The van der Waals surface area contributed by atoms with E-state index in [-0.39, 0.29) is 34.5 Å². The Morgan fingerprint density at radius 2 is 1.78 bits per heavy atom. The van der Waals surface area contributed by atoms with Gasteiger partial charge in [0, 0.05) is 0 Å². The van der Waals surface area contributed by atoms with Crippen molar-refractivity contribution >= 4 is 33.6 Å². The Morgan fingerprint density at radius 1 is 1.09 bits per heavy atom. The largest absolute Gasteiger partial charge is 0.490 e. The number of nitrogens with one attached hydrogen (secondary N) is 1. The number of carbonyl (C=O) groups is 2. The summed E-state index contributed by atoms with van der Waals surface area (Å²) in [7, 11) is -3.95. The van der Waals surface area contributed by atoms with E-state index in [1.165, 1.54) is 30.3 Å². The zero-order valence-electron chi connectivity index (χ0n) is 17.4. The van der Waals surface area contributed by atoms with Crippen LogP contribution >= 0.6 is 0 Å². The van der Waals surface area contributed by atoms with Gasteiger partial charge >= 0.3 is 11.9 Å². The van der Waals surface area contributed by atoms with Gasteiger partial charge in [-0.05, 0) is 30.7 Å². The molecule has 2 aromatic carbocycles. The number of esters is 2. The third-order valence-corrected chi connectivity index (χ3v) is 5.37. The average Bonchev–Trinajstić information content (AvgIpc) is 2.72. The number of carbonyl (C=O) groups excluding carboxylic acids is 2. The van der Waals surface area contributed by atoms with Crippen molar-refractivity contribution in [3.8, 4) is 5.75 Å². The molecule has 0 radical (unpaired) electrons. The molecule has 2 aromatic rings. The second kappa shape index (κ2) is 11.2. The summed E-state index contributed by atoms with van der Waals surface area (Å²) in [6.07, 6.45) is -1.26. The fourth-order valence-electron chi connectivity index (χ4n) is 2.56. The van der Waals surface area contributed by atoms with Gasteiger partial charge in [-0.2, -0.15) is 4.72 Å². The number of benzene rings is 2. The van der Waals surface area contributed by atoms with Gasteiger partial charge in [0.15, 0.2) is 11.7 Å². The number of para-hydroxylation sites is 1. The van der Waals surface area contributed by atoms with Crippen LogP contribution < -0.4 is 26.7 Å². The molecule has 32 heavy (non-hydrogen) atoms. The molecule has 2 rings (SSSR count). The molecular weight excluding hydrogens is 438 g/mol. The number of hydrogen-bond donors (Lipinski definition) is 4. The Bertz CT molecular complexity index is 1080. The molecule has 0 fully saturated rings. The highest BCUT2D eigenvalue weighted by Gasteiger charge is 2.24. The van der Waals surface area contributed by atoms with Gasteiger partial charge in [-0.15, -0.1) is 0 Å². The van der Waals surface area contributed by atoms with E-state index in [0.29, 0.717) is 6.42 Å². The van der Waals surface area contributed by atoms with Crippen molar-refractivity contribution in [3.63, 3.8) is 0 Å². The van der Waals surface area contributed by atoms with Crippen LogP contribution in [0.1, 0.15) is 30.1 Å². The first-order valence-electron chi connectivity index (χ1n) is 9.57. The smallest absolute Gasteiger partial charge is 0.349 e. The molecule has 0 bridgehead atoms. The summed E-state index contributed by atoms with van der Waals surface area (Å²) < 4.78 is 37.1. The molecule has 11 nitrogen and oxygen atoms in total. The molecule has 0 heterocycles. The minimum absolute atomic E-state index is 0.0193. The Hall–Kier alpha value is -3.48. The van der Waals surface area contributed by atoms with E-state index in [4.69, 9.17) is 26.7 Å². The number of nitrogens with zero attached hydrogens (tertiary/aromatic N) is 1. The van der Waals surface area contributed by atoms with E-state index in [1.54, 1.807) is 18.2 Å². The lowest BCUT2D eigenvalue weighted by molar-refractivity contribution is -0.138. The summed E-state index contributed by atoms with van der Waals surface area (Å²) >= 11 is 0. The van der Waals surface area contributed by atoms with Crippen molar-refractivity contribution < 1.29 is 27.5 Å². The van der Waals surface area contributed by atoms with Gasteiger partial charge in [-0.1, -0.05) is 31.2 Å². The molecule has 0 aliphatic carbocycles. The van der Waals surface area contributed by atoms with E-state index in [0.717, 1.165) is 0 Å². The Morgan fingerprint density at radius 3 is 2.41 bits per heavy atom. The molecule has 0 aliphatic heterocycles. The molecule has 7 N–H and O–H groups in total. The van der Waals surface area contributed by atoms with Crippen molar-refractivity contribution in [1.29, 1.82) is 0 Å². The summed E-state index contributed by atoms with van der Waals surface area (Å²) in [5, 5.41) is 0. The minimum atomic E-state index is -3.95. The van der Waals surface area contributed by atoms with Crippen LogP contribution in [0.5, 0.6) is 5.75 Å². The lowest BCUT2D eigenvalue weighted by Crippen LogP contribution is -2.43. The summed E-state index contributed by atoms with van der Waals surface area (Å²) in [5.41, 5.74) is 16.6. The first-order valence-corrected chi connectivity index (χ1v) is 11.1. The van der Waals surface area contributed by atoms with Gasteiger partial charge in [0.25, 0.3) is 0 Å². The van der Waals surface area contributed by atoms with E-state index in [2.05, 4.69) is 9.71 Å². The number of guanidine groups is 1. The highest BCUT2D eigenvalue weighted by Crippen LogP contribution is 2.32. The second-order valence-corrected chi connectivity index (χ2v) is 8.26. The predicted molar refractivity (Wildman–Crippen MR) is 117 cm³/mol. The third kappa shape index (κ3) is 7.04. The summed E-state index contributed by atoms with van der Waals surface area (Å²) in [6.45, 7) is 2.12. The standard InChI is InChI=1S/C20H25N5O6S/c1-2-11-30-18-14(9-6-10-15(18)24-20(22)23)19(27)31-17(26)12-16(21)25-32(28,29)13-7-4-3-5-8-13/h3-10,16,25H,2,11-12,21H2,1H3,(H4,22,23,24). The third-order valence-electron chi connectivity index (χ3n) is 3.87. The molecule has 1 unspecified atom stereocenters. The first kappa shape index (κ1) is 24.8. The van der Waals surface area contributed by atoms with Crippen LogP contribution in [-0.4, -0.2) is 39.1 Å². The normalized spacial score (nSPS) is 11.9. The highest BCUT2D eigenvalue weighted by molar-refractivity contribution is 7.89. The van der Waals surface area contributed by atoms with Crippen molar-refractivity contribution in [2.45, 2.75) is 30.8 Å². The van der Waals surface area contributed by atoms with Gasteiger partial charge in [0.1, 0.15) is 11.3 Å². The van der Waals surface area contributed by atoms with Gasteiger partial charge in [-0.3, -0.25) is 4.79 Å². The lowest BCUT2D eigenvalue weighted by Gasteiger charge is -2.15. The number of nitrogens with two attached hydrogens (primary N) is 3. The SMILES string of the molecule is CCCOc1c(N=C(N)N)cccc1C(=O)OC(=O)CC(N)NS(=O)(=O)c1ccccc1. The monoisotopic (exact) mass is 463 g/mol. The molecule has 172 valence electrons. The van der Waals surface area contributed by atoms with Gasteiger partial charge in [0.05, 0.1) is 24.1 Å². The molecule has 12 heteroatoms. The first-order chi connectivity index (χ1) is 15.1. The number of rotatable bonds is 10. The van der Waals surface area contributed by atoms with Crippen LogP contribution in [0.15, 0.2) is 58.4 Å². The van der Waals surface area contributed by atoms with Crippen LogP contribution in [0, 0.1) is 0 Å². The maximum Gasteiger partial charge on any atom is 0.349 e. The summed E-state index contributed by atoms with van der Waals surface area (Å²) in [4.78, 5) is 28.6. The average molecular weight is 464 g/mol. The number of aliphatic imine (C=N–C) groups is 1. The Kier molecular flexibility index (Phi) is 8.70. The summed E-state index contributed by atoms with van der Waals surface area (Å²) in [5.74, 6) is -2.25. The van der Waals surface area contributed by atoms with E-state index < -0.39 is 34.5 Å². The zero-order chi connectivity index (χ0) is 23.7. The van der Waals surface area contributed by atoms with Crippen molar-refractivity contribution in [1.82, 2.24) is 4.72 Å². The number of hydrogen-bond acceptors (Lipinski definition) is 8. The maximum absolute atomic E-state index is 12.6. The molecule has 0 saturated carbocycles. The molecule has 0 aromatic heterocycles. The number of sulfonamides is 1. The van der Waals surface area contributed by atoms with Crippen LogP contribution in [0.3, 0.4) is 0 Å². The van der Waals surface area contributed by atoms with Crippen LogP contribution in [0.2, 0.25) is 0 Å². The van der Waals surface area contributed by atoms with E-state index >= 15 is 0 Å². The predicted octanol–water partition coefficient (Wildman–Crippen LogP) is 0.717. The highest BCUT2D eigenvalue weighted by atomic mass is 32.2. The minimum Gasteiger partial charge on any atom is -0.490 e. The topological polar surface area (TPSA) is 189 Å². The molecule has 1 atom stereocenters. The number of ether oxygens (including phenoxy) is 2.